The zero-order valence-electron chi connectivity index (χ0n) is 8.65. The summed E-state index contributed by atoms with van der Waals surface area (Å²) in [6.45, 7) is 1.57. The summed E-state index contributed by atoms with van der Waals surface area (Å²) in [5, 5.41) is 0. The van der Waals surface area contributed by atoms with Crippen molar-refractivity contribution in [3.8, 4) is 0 Å². The Morgan fingerprint density at radius 2 is 2.20 bits per heavy atom. The molecule has 2 atom stereocenters. The standard InChI is InChI=1S/C11H17N3O/c12-10-4-2-1-3-9(10)11(14-13)8-5-6-15-7-8/h1-4,8,11,14H,5-7,12-13H2. The molecular weight excluding hydrogens is 190 g/mol. The summed E-state index contributed by atoms with van der Waals surface area (Å²) in [4.78, 5) is 0. The molecule has 4 heteroatoms. The van der Waals surface area contributed by atoms with E-state index in [4.69, 9.17) is 16.3 Å². The number of para-hydroxylation sites is 1. The molecule has 0 bridgehead atoms. The predicted octanol–water partition coefficient (Wildman–Crippen LogP) is 0.810. The van der Waals surface area contributed by atoms with Gasteiger partial charge in [-0.05, 0) is 18.1 Å². The van der Waals surface area contributed by atoms with Crippen molar-refractivity contribution >= 4 is 5.69 Å². The van der Waals surface area contributed by atoms with Crippen molar-refractivity contribution in [2.24, 2.45) is 11.8 Å². The number of hydrazine groups is 1. The highest BCUT2D eigenvalue weighted by Crippen LogP contribution is 2.30. The molecule has 1 heterocycles. The Kier molecular flexibility index (Phi) is 3.20. The maximum atomic E-state index is 5.93. The second kappa shape index (κ2) is 4.61. The number of ether oxygens (including phenoxy) is 1. The lowest BCUT2D eigenvalue weighted by molar-refractivity contribution is 0.177. The normalized spacial score (nSPS) is 22.9. The van der Waals surface area contributed by atoms with Gasteiger partial charge in [-0.15, -0.1) is 0 Å². The number of hydrogen-bond acceptors (Lipinski definition) is 4. The molecule has 0 aliphatic carbocycles. The highest BCUT2D eigenvalue weighted by atomic mass is 16.5. The first kappa shape index (κ1) is 10.4. The van der Waals surface area contributed by atoms with Crippen molar-refractivity contribution in [2.45, 2.75) is 12.5 Å². The fourth-order valence-corrected chi connectivity index (χ4v) is 2.09. The van der Waals surface area contributed by atoms with E-state index < -0.39 is 0 Å². The maximum absolute atomic E-state index is 5.93. The fourth-order valence-electron chi connectivity index (χ4n) is 2.09. The third-order valence-electron chi connectivity index (χ3n) is 2.95. The number of nitrogens with two attached hydrogens (primary N) is 2. The molecule has 1 fully saturated rings. The van der Waals surface area contributed by atoms with Gasteiger partial charge in [0.2, 0.25) is 0 Å². The topological polar surface area (TPSA) is 73.3 Å². The number of nitrogen functional groups attached to an aromatic ring is 1. The number of nitrogens with one attached hydrogen (secondary N) is 1. The van der Waals surface area contributed by atoms with Gasteiger partial charge in [0.05, 0.1) is 12.6 Å². The summed E-state index contributed by atoms with van der Waals surface area (Å²) in [6, 6.07) is 7.91. The first-order chi connectivity index (χ1) is 7.33. The van der Waals surface area contributed by atoms with Crippen LogP contribution >= 0.6 is 0 Å². The van der Waals surface area contributed by atoms with Crippen LogP contribution in [0.25, 0.3) is 0 Å². The Morgan fingerprint density at radius 3 is 2.80 bits per heavy atom. The van der Waals surface area contributed by atoms with Crippen LogP contribution in [-0.4, -0.2) is 13.2 Å². The SMILES string of the molecule is NNC(c1ccccc1N)C1CCOC1. The third kappa shape index (κ3) is 2.12. The van der Waals surface area contributed by atoms with Crippen molar-refractivity contribution in [1.29, 1.82) is 0 Å². The van der Waals surface area contributed by atoms with Crippen LogP contribution in [-0.2, 0) is 4.74 Å². The minimum Gasteiger partial charge on any atom is -0.398 e. The van der Waals surface area contributed by atoms with E-state index in [1.165, 1.54) is 0 Å². The van der Waals surface area contributed by atoms with Crippen LogP contribution in [0.2, 0.25) is 0 Å². The van der Waals surface area contributed by atoms with Crippen molar-refractivity contribution in [3.05, 3.63) is 29.8 Å². The lowest BCUT2D eigenvalue weighted by atomic mass is 9.92. The molecule has 1 aliphatic heterocycles. The molecule has 0 spiro atoms. The van der Waals surface area contributed by atoms with Crippen LogP contribution in [0.4, 0.5) is 5.69 Å². The molecule has 0 radical (unpaired) electrons. The quantitative estimate of drug-likeness (QED) is 0.389. The molecule has 1 aliphatic rings. The predicted molar refractivity (Wildman–Crippen MR) is 59.8 cm³/mol. The van der Waals surface area contributed by atoms with Crippen molar-refractivity contribution in [2.75, 3.05) is 18.9 Å². The van der Waals surface area contributed by atoms with Gasteiger partial charge < -0.3 is 10.5 Å². The Labute approximate surface area is 89.6 Å². The molecule has 1 aromatic carbocycles. The summed E-state index contributed by atoms with van der Waals surface area (Å²) in [6.07, 6.45) is 1.03. The van der Waals surface area contributed by atoms with Crippen LogP contribution < -0.4 is 17.0 Å². The van der Waals surface area contributed by atoms with E-state index in [0.29, 0.717) is 5.92 Å². The van der Waals surface area contributed by atoms with Gasteiger partial charge in [0, 0.05) is 18.2 Å². The molecule has 4 nitrogen and oxygen atoms in total. The van der Waals surface area contributed by atoms with Gasteiger partial charge in [-0.25, -0.2) is 0 Å². The Balaban J connectivity index is 2.22. The fraction of sp³-hybridized carbons (Fsp3) is 0.455. The molecule has 5 N–H and O–H groups in total. The van der Waals surface area contributed by atoms with Gasteiger partial charge in [-0.2, -0.15) is 0 Å². The van der Waals surface area contributed by atoms with Gasteiger partial charge in [-0.3, -0.25) is 11.3 Å². The van der Waals surface area contributed by atoms with Gasteiger partial charge in [0.15, 0.2) is 0 Å². The van der Waals surface area contributed by atoms with Crippen molar-refractivity contribution in [1.82, 2.24) is 5.43 Å². The Hall–Kier alpha value is -1.10. The van der Waals surface area contributed by atoms with Gasteiger partial charge >= 0.3 is 0 Å². The van der Waals surface area contributed by atoms with E-state index >= 15 is 0 Å². The monoisotopic (exact) mass is 207 g/mol. The first-order valence-electron chi connectivity index (χ1n) is 5.21. The van der Waals surface area contributed by atoms with E-state index in [1.54, 1.807) is 0 Å². The van der Waals surface area contributed by atoms with E-state index in [2.05, 4.69) is 5.43 Å². The molecule has 15 heavy (non-hydrogen) atoms. The number of benzene rings is 1. The molecule has 1 aromatic rings. The molecule has 0 saturated carbocycles. The maximum Gasteiger partial charge on any atom is 0.0531 e. The smallest absolute Gasteiger partial charge is 0.0531 e. The Bertz CT molecular complexity index is 323. The van der Waals surface area contributed by atoms with Gasteiger partial charge in [-0.1, -0.05) is 18.2 Å². The summed E-state index contributed by atoms with van der Waals surface area (Å²) >= 11 is 0. The number of rotatable bonds is 3. The lowest BCUT2D eigenvalue weighted by Crippen LogP contribution is -2.34. The summed E-state index contributed by atoms with van der Waals surface area (Å²) in [5.41, 5.74) is 10.6. The number of anilines is 1. The Morgan fingerprint density at radius 1 is 1.40 bits per heavy atom. The number of hydrogen-bond donors (Lipinski definition) is 3. The van der Waals surface area contributed by atoms with E-state index in [1.807, 2.05) is 24.3 Å². The zero-order chi connectivity index (χ0) is 10.7. The van der Waals surface area contributed by atoms with Crippen LogP contribution in [0, 0.1) is 5.92 Å². The van der Waals surface area contributed by atoms with Crippen molar-refractivity contribution < 1.29 is 4.74 Å². The summed E-state index contributed by atoms with van der Waals surface area (Å²) in [7, 11) is 0. The van der Waals surface area contributed by atoms with Gasteiger partial charge in [0.1, 0.15) is 0 Å². The van der Waals surface area contributed by atoms with E-state index in [-0.39, 0.29) is 6.04 Å². The van der Waals surface area contributed by atoms with Crippen LogP contribution in [0.3, 0.4) is 0 Å². The molecule has 1 saturated heterocycles. The largest absolute Gasteiger partial charge is 0.398 e. The lowest BCUT2D eigenvalue weighted by Gasteiger charge is -2.23. The minimum absolute atomic E-state index is 0.0914. The highest BCUT2D eigenvalue weighted by molar-refractivity contribution is 5.48. The molecular formula is C11H17N3O. The average Bonchev–Trinajstić information content (AvgIpc) is 2.75. The molecule has 0 amide bonds. The first-order valence-corrected chi connectivity index (χ1v) is 5.21. The molecule has 0 aromatic heterocycles. The second-order valence-corrected chi connectivity index (χ2v) is 3.90. The summed E-state index contributed by atoms with van der Waals surface area (Å²) in [5.74, 6) is 6.01. The third-order valence-corrected chi connectivity index (χ3v) is 2.95. The van der Waals surface area contributed by atoms with Crippen molar-refractivity contribution in [3.63, 3.8) is 0 Å². The second-order valence-electron chi connectivity index (χ2n) is 3.90. The van der Waals surface area contributed by atoms with E-state index in [9.17, 15) is 0 Å². The highest BCUT2D eigenvalue weighted by Gasteiger charge is 2.27. The van der Waals surface area contributed by atoms with Crippen LogP contribution in [0.15, 0.2) is 24.3 Å². The van der Waals surface area contributed by atoms with Crippen LogP contribution in [0.5, 0.6) is 0 Å². The molecule has 2 unspecified atom stereocenters. The molecule has 2 rings (SSSR count). The minimum atomic E-state index is 0.0914. The summed E-state index contributed by atoms with van der Waals surface area (Å²) < 4.78 is 5.36. The van der Waals surface area contributed by atoms with Gasteiger partial charge in [0.25, 0.3) is 0 Å². The average molecular weight is 207 g/mol. The van der Waals surface area contributed by atoms with E-state index in [0.717, 1.165) is 30.9 Å². The van der Waals surface area contributed by atoms with Crippen LogP contribution in [0.1, 0.15) is 18.0 Å². The molecule has 82 valence electrons. The zero-order valence-corrected chi connectivity index (χ0v) is 8.65.